The smallest absolute Gasteiger partial charge is 0.306 e. The zero-order valence-electron chi connectivity index (χ0n) is 37.7. The Morgan fingerprint density at radius 3 is 1.90 bits per heavy atom. The van der Waals surface area contributed by atoms with Crippen molar-refractivity contribution in [2.75, 3.05) is 0 Å². The summed E-state index contributed by atoms with van der Waals surface area (Å²) in [6.07, 6.45) is 10.6. The summed E-state index contributed by atoms with van der Waals surface area (Å²) in [5.74, 6) is 0.772. The van der Waals surface area contributed by atoms with Gasteiger partial charge in [0.05, 0.1) is 6.10 Å². The minimum atomic E-state index is -2.02. The largest absolute Gasteiger partial charge is 0.462 e. The molecule has 1 rings (SSSR count). The standard InChI is InChI=1S/C43H86O5Si3/c1-31-25-26-37(45-40(44)24-22-23-38(34(4)27-31)47-50(18,19)42(10,11)12)33(3)28-32(2)29-35(5)39(48-51(20,21)43(13,14)15)30-36(6)46-49(16,17)41(7,8)9/h25,29,33-39H,22-24,26-28,30H2,1-21H3/b31-25+,32-29+/t33-,34-,35+,36+,37+,38-,39+/m0/s1. The molecule has 0 aliphatic carbocycles. The number of esters is 1. The van der Waals surface area contributed by atoms with Crippen LogP contribution >= 0.6 is 0 Å². The molecule has 1 aliphatic rings. The number of allylic oxidation sites excluding steroid dienone is 2. The third-order valence-electron chi connectivity index (χ3n) is 12.9. The topological polar surface area (TPSA) is 54.0 Å². The maximum atomic E-state index is 13.2. The van der Waals surface area contributed by atoms with Gasteiger partial charge in [0.1, 0.15) is 6.10 Å². The van der Waals surface area contributed by atoms with E-state index in [1.54, 1.807) is 0 Å². The van der Waals surface area contributed by atoms with Crippen LogP contribution in [0.2, 0.25) is 54.4 Å². The van der Waals surface area contributed by atoms with Crippen LogP contribution in [-0.2, 0) is 22.8 Å². The number of rotatable bonds is 13. The normalized spacial score (nSPS) is 25.1. The van der Waals surface area contributed by atoms with E-state index in [1.807, 2.05) is 0 Å². The first-order chi connectivity index (χ1) is 22.8. The SMILES string of the molecule is C/C1=C\C[C@H]([C@@H](C)C/C(C)=C/[C@@H](C)[C@@H](C[C@@H](C)O[Si](C)(C)C(C)(C)C)O[Si](C)(C)C(C)(C)C)OC(=O)CCC[C@H](O[Si](C)(C)C(C)(C)C)[C@@H](C)C1. The molecule has 8 heteroatoms. The molecule has 0 aromatic rings. The van der Waals surface area contributed by atoms with Crippen LogP contribution in [0, 0.1) is 17.8 Å². The zero-order valence-corrected chi connectivity index (χ0v) is 40.7. The Balaban J connectivity index is 3.21. The van der Waals surface area contributed by atoms with Crippen LogP contribution in [0.25, 0.3) is 0 Å². The van der Waals surface area contributed by atoms with Gasteiger partial charge in [0.25, 0.3) is 0 Å². The molecule has 1 aliphatic heterocycles. The highest BCUT2D eigenvalue weighted by Crippen LogP contribution is 2.42. The van der Waals surface area contributed by atoms with E-state index >= 15 is 0 Å². The highest BCUT2D eigenvalue weighted by molar-refractivity contribution is 6.75. The summed E-state index contributed by atoms with van der Waals surface area (Å²) in [6, 6.07) is 0. The molecule has 0 bridgehead atoms. The maximum absolute atomic E-state index is 13.2. The molecule has 300 valence electrons. The highest BCUT2D eigenvalue weighted by Gasteiger charge is 2.43. The van der Waals surface area contributed by atoms with Crippen LogP contribution in [0.1, 0.15) is 149 Å². The lowest BCUT2D eigenvalue weighted by Crippen LogP contribution is -2.48. The van der Waals surface area contributed by atoms with E-state index in [4.69, 9.17) is 18.0 Å². The van der Waals surface area contributed by atoms with E-state index in [1.165, 1.54) is 11.1 Å². The summed E-state index contributed by atoms with van der Waals surface area (Å²) in [5, 5.41) is 0.450. The first-order valence-electron chi connectivity index (χ1n) is 20.4. The molecule has 1 heterocycles. The Bertz CT molecular complexity index is 1150. The minimum Gasteiger partial charge on any atom is -0.462 e. The molecule has 7 atom stereocenters. The van der Waals surface area contributed by atoms with Crippen LogP contribution < -0.4 is 0 Å². The summed E-state index contributed by atoms with van der Waals surface area (Å²) in [4.78, 5) is 13.2. The van der Waals surface area contributed by atoms with E-state index < -0.39 is 25.0 Å². The Morgan fingerprint density at radius 1 is 0.882 bits per heavy atom. The lowest BCUT2D eigenvalue weighted by atomic mass is 9.89. The van der Waals surface area contributed by atoms with Gasteiger partial charge in [-0.05, 0) is 125 Å². The van der Waals surface area contributed by atoms with Crippen LogP contribution in [0.4, 0.5) is 0 Å². The van der Waals surface area contributed by atoms with Gasteiger partial charge in [-0.25, -0.2) is 0 Å². The summed E-state index contributed by atoms with van der Waals surface area (Å²) in [5.41, 5.74) is 2.69. The van der Waals surface area contributed by atoms with Crippen LogP contribution in [0.3, 0.4) is 0 Å². The van der Waals surface area contributed by atoms with Gasteiger partial charge >= 0.3 is 5.97 Å². The molecule has 0 spiro atoms. The van der Waals surface area contributed by atoms with Crippen molar-refractivity contribution in [3.8, 4) is 0 Å². The fourth-order valence-corrected chi connectivity index (χ4v) is 10.7. The van der Waals surface area contributed by atoms with Crippen LogP contribution in [-0.4, -0.2) is 55.3 Å². The van der Waals surface area contributed by atoms with E-state index in [2.05, 4.69) is 155 Å². The van der Waals surface area contributed by atoms with Crippen molar-refractivity contribution in [3.05, 3.63) is 23.3 Å². The zero-order chi connectivity index (χ0) is 40.0. The average Bonchev–Trinajstić information content (AvgIpc) is 2.91. The van der Waals surface area contributed by atoms with Gasteiger partial charge in [0, 0.05) is 25.0 Å². The van der Waals surface area contributed by atoms with Crippen LogP contribution in [0.15, 0.2) is 23.3 Å². The molecule has 0 N–H and O–H groups in total. The summed E-state index contributed by atoms with van der Waals surface area (Å²) < 4.78 is 27.2. The van der Waals surface area contributed by atoms with Gasteiger partial charge in [-0.3, -0.25) is 4.79 Å². The molecule has 0 amide bonds. The first-order valence-corrected chi connectivity index (χ1v) is 29.1. The molecular weight excluding hydrogens is 681 g/mol. The average molecular weight is 767 g/mol. The fourth-order valence-electron chi connectivity index (χ4n) is 6.37. The second-order valence-electron chi connectivity index (χ2n) is 21.2. The Morgan fingerprint density at radius 2 is 1.39 bits per heavy atom. The monoisotopic (exact) mass is 767 g/mol. The second-order valence-corrected chi connectivity index (χ2v) is 35.5. The number of carbonyl (C=O) groups excluding carboxylic acids is 1. The summed E-state index contributed by atoms with van der Waals surface area (Å²) in [7, 11) is -5.84. The first kappa shape index (κ1) is 48.5. The molecule has 0 saturated heterocycles. The molecule has 0 radical (unpaired) electrons. The minimum absolute atomic E-state index is 0.0760. The Kier molecular flexibility index (Phi) is 18.0. The molecule has 0 aromatic heterocycles. The maximum Gasteiger partial charge on any atom is 0.306 e. The molecule has 0 saturated carbocycles. The van der Waals surface area contributed by atoms with Gasteiger partial charge < -0.3 is 18.0 Å². The van der Waals surface area contributed by atoms with Crippen molar-refractivity contribution in [2.45, 2.75) is 228 Å². The van der Waals surface area contributed by atoms with Gasteiger partial charge in [-0.1, -0.05) is 106 Å². The predicted molar refractivity (Wildman–Crippen MR) is 229 cm³/mol. The van der Waals surface area contributed by atoms with Gasteiger partial charge in [0.15, 0.2) is 25.0 Å². The lowest BCUT2D eigenvalue weighted by molar-refractivity contribution is -0.151. The Hall–Kier alpha value is -0.519. The quantitative estimate of drug-likeness (QED) is 0.106. The van der Waals surface area contributed by atoms with E-state index in [-0.39, 0.29) is 57.3 Å². The van der Waals surface area contributed by atoms with E-state index in [0.717, 1.165) is 38.5 Å². The molecule has 0 aromatic carbocycles. The highest BCUT2D eigenvalue weighted by atomic mass is 28.4. The van der Waals surface area contributed by atoms with Crippen molar-refractivity contribution in [1.82, 2.24) is 0 Å². The molecule has 5 nitrogen and oxygen atoms in total. The number of cyclic esters (lactones) is 1. The van der Waals surface area contributed by atoms with Crippen LogP contribution in [0.5, 0.6) is 0 Å². The van der Waals surface area contributed by atoms with E-state index in [0.29, 0.717) is 12.3 Å². The summed E-state index contributed by atoms with van der Waals surface area (Å²) in [6.45, 7) is 48.5. The predicted octanol–water partition coefficient (Wildman–Crippen LogP) is 13.6. The van der Waals surface area contributed by atoms with Crippen molar-refractivity contribution >= 4 is 30.9 Å². The third kappa shape index (κ3) is 15.6. The Labute approximate surface area is 321 Å². The van der Waals surface area contributed by atoms with Gasteiger partial charge in [-0.2, -0.15) is 0 Å². The third-order valence-corrected chi connectivity index (χ3v) is 26.5. The molecular formula is C43H86O5Si3. The fraction of sp³-hybridized carbons (Fsp3) is 0.884. The summed E-state index contributed by atoms with van der Waals surface area (Å²) >= 11 is 0. The number of carbonyl (C=O) groups is 1. The van der Waals surface area contributed by atoms with E-state index in [9.17, 15) is 4.79 Å². The molecule has 51 heavy (non-hydrogen) atoms. The molecule has 0 unspecified atom stereocenters. The van der Waals surface area contributed by atoms with Crippen molar-refractivity contribution < 1.29 is 22.8 Å². The van der Waals surface area contributed by atoms with Crippen molar-refractivity contribution in [3.63, 3.8) is 0 Å². The van der Waals surface area contributed by atoms with Crippen molar-refractivity contribution in [2.24, 2.45) is 17.8 Å². The van der Waals surface area contributed by atoms with Gasteiger partial charge in [-0.15, -0.1) is 0 Å². The number of hydrogen-bond acceptors (Lipinski definition) is 5. The van der Waals surface area contributed by atoms with Gasteiger partial charge in [0.2, 0.25) is 0 Å². The lowest BCUT2D eigenvalue weighted by Gasteiger charge is -2.43. The molecule has 0 fully saturated rings. The number of hydrogen-bond donors (Lipinski definition) is 0. The van der Waals surface area contributed by atoms with Crippen molar-refractivity contribution in [1.29, 1.82) is 0 Å². The number of ether oxygens (including phenoxy) is 1. The second kappa shape index (κ2) is 18.9.